The number of para-hydroxylation sites is 1. The summed E-state index contributed by atoms with van der Waals surface area (Å²) in [6.07, 6.45) is 4.45. The predicted molar refractivity (Wildman–Crippen MR) is 103 cm³/mol. The molecule has 3 N–H and O–H groups in total. The molecule has 0 radical (unpaired) electrons. The smallest absolute Gasteiger partial charge is 0.237 e. The Morgan fingerprint density at radius 2 is 2.00 bits per heavy atom. The van der Waals surface area contributed by atoms with Crippen molar-refractivity contribution in [1.29, 1.82) is 0 Å². The number of amides is 2. The molecule has 3 rings (SSSR count). The molecule has 2 heterocycles. The number of likely N-dealkylation sites (tertiary alicyclic amines) is 1. The zero-order valence-corrected chi connectivity index (χ0v) is 15.5. The summed E-state index contributed by atoms with van der Waals surface area (Å²) in [5, 5.41) is 6.98. The molecule has 26 heavy (non-hydrogen) atoms. The lowest BCUT2D eigenvalue weighted by Gasteiger charge is -2.34. The van der Waals surface area contributed by atoms with E-state index in [2.05, 4.69) is 32.7 Å². The third-order valence-corrected chi connectivity index (χ3v) is 5.44. The van der Waals surface area contributed by atoms with Crippen LogP contribution in [0.15, 0.2) is 30.5 Å². The molecule has 6 nitrogen and oxygen atoms in total. The van der Waals surface area contributed by atoms with E-state index in [1.54, 1.807) is 7.05 Å². The van der Waals surface area contributed by atoms with Crippen LogP contribution in [0.4, 0.5) is 0 Å². The van der Waals surface area contributed by atoms with Crippen LogP contribution in [-0.2, 0) is 16.0 Å². The van der Waals surface area contributed by atoms with Gasteiger partial charge < -0.3 is 15.6 Å². The number of hydrogen-bond acceptors (Lipinski definition) is 3. The molecule has 1 aliphatic rings. The lowest BCUT2D eigenvalue weighted by molar-refractivity contribution is -0.128. The number of H-pyrrole nitrogens is 1. The highest BCUT2D eigenvalue weighted by Crippen LogP contribution is 2.20. The number of carbonyl (C=O) groups excluding carboxylic acids is 2. The molecule has 140 valence electrons. The molecular weight excluding hydrogens is 328 g/mol. The second kappa shape index (κ2) is 8.36. The molecule has 1 aliphatic heterocycles. The molecule has 1 atom stereocenters. The number of fused-ring (bicyclic) bond motifs is 1. The van der Waals surface area contributed by atoms with Crippen LogP contribution < -0.4 is 10.6 Å². The third-order valence-electron chi connectivity index (χ3n) is 5.44. The highest BCUT2D eigenvalue weighted by Gasteiger charge is 2.29. The molecule has 1 aromatic carbocycles. The van der Waals surface area contributed by atoms with Crippen LogP contribution in [0.25, 0.3) is 10.9 Å². The first-order valence-electron chi connectivity index (χ1n) is 9.38. The highest BCUT2D eigenvalue weighted by atomic mass is 16.2. The van der Waals surface area contributed by atoms with E-state index in [4.69, 9.17) is 0 Å². The molecule has 1 fully saturated rings. The fourth-order valence-electron chi connectivity index (χ4n) is 3.73. The number of aromatic nitrogens is 1. The van der Waals surface area contributed by atoms with Gasteiger partial charge in [-0.25, -0.2) is 0 Å². The molecule has 1 unspecified atom stereocenters. The third kappa shape index (κ3) is 4.07. The maximum absolute atomic E-state index is 12.5. The summed E-state index contributed by atoms with van der Waals surface area (Å²) in [5.41, 5.74) is 2.35. The first kappa shape index (κ1) is 18.5. The first-order valence-corrected chi connectivity index (χ1v) is 9.38. The van der Waals surface area contributed by atoms with Gasteiger partial charge in [0.1, 0.15) is 0 Å². The van der Waals surface area contributed by atoms with Gasteiger partial charge in [0.05, 0.1) is 6.04 Å². The van der Waals surface area contributed by atoms with Crippen LogP contribution >= 0.6 is 0 Å². The minimum absolute atomic E-state index is 0.0586. The average Bonchev–Trinajstić information content (AvgIpc) is 3.10. The van der Waals surface area contributed by atoms with Crippen molar-refractivity contribution in [2.75, 3.05) is 26.7 Å². The van der Waals surface area contributed by atoms with E-state index in [1.165, 1.54) is 10.9 Å². The van der Waals surface area contributed by atoms with Crippen molar-refractivity contribution in [1.82, 2.24) is 20.5 Å². The molecule has 0 aliphatic carbocycles. The molecule has 6 heteroatoms. The standard InChI is InChI=1S/C20H28N4O2/c1-14(24-11-8-15(9-12-24)20(26)21-2)19(25)22-10-7-16-13-23-18-6-4-3-5-17(16)18/h3-6,13-15,23H,7-12H2,1-2H3,(H,21,26)(H,22,25). The summed E-state index contributed by atoms with van der Waals surface area (Å²) in [6.45, 7) is 4.14. The maximum atomic E-state index is 12.5. The number of rotatable bonds is 6. The SMILES string of the molecule is CNC(=O)C1CCN(C(C)C(=O)NCCc2c[nH]c3ccccc23)CC1. The molecule has 0 saturated carbocycles. The minimum atomic E-state index is -0.163. The molecular formula is C20H28N4O2. The van der Waals surface area contributed by atoms with E-state index >= 15 is 0 Å². The van der Waals surface area contributed by atoms with Gasteiger partial charge in [-0.2, -0.15) is 0 Å². The van der Waals surface area contributed by atoms with Gasteiger partial charge in [0.25, 0.3) is 0 Å². The maximum Gasteiger partial charge on any atom is 0.237 e. The molecule has 1 saturated heterocycles. The van der Waals surface area contributed by atoms with Crippen molar-refractivity contribution in [3.8, 4) is 0 Å². The summed E-state index contributed by atoms with van der Waals surface area (Å²) >= 11 is 0. The van der Waals surface area contributed by atoms with Gasteiger partial charge >= 0.3 is 0 Å². The summed E-state index contributed by atoms with van der Waals surface area (Å²) < 4.78 is 0. The van der Waals surface area contributed by atoms with Gasteiger partial charge in [0, 0.05) is 36.6 Å². The van der Waals surface area contributed by atoms with Crippen molar-refractivity contribution >= 4 is 22.7 Å². The summed E-state index contributed by atoms with van der Waals surface area (Å²) in [4.78, 5) is 29.6. The summed E-state index contributed by atoms with van der Waals surface area (Å²) in [5.74, 6) is 0.247. The van der Waals surface area contributed by atoms with Crippen LogP contribution in [0, 0.1) is 5.92 Å². The highest BCUT2D eigenvalue weighted by molar-refractivity contribution is 5.84. The number of hydrogen-bond donors (Lipinski definition) is 3. The van der Waals surface area contributed by atoms with Gasteiger partial charge in [0.2, 0.25) is 11.8 Å². The predicted octanol–water partition coefficient (Wildman–Crippen LogP) is 1.67. The lowest BCUT2D eigenvalue weighted by Crippen LogP contribution is -2.49. The Labute approximate surface area is 154 Å². The average molecular weight is 356 g/mol. The zero-order chi connectivity index (χ0) is 18.5. The zero-order valence-electron chi connectivity index (χ0n) is 15.5. The number of nitrogens with one attached hydrogen (secondary N) is 3. The number of piperidine rings is 1. The van der Waals surface area contributed by atoms with Crippen molar-refractivity contribution in [3.05, 3.63) is 36.0 Å². The second-order valence-electron chi connectivity index (χ2n) is 7.00. The second-order valence-corrected chi connectivity index (χ2v) is 7.00. The summed E-state index contributed by atoms with van der Waals surface area (Å²) in [6, 6.07) is 8.04. The van der Waals surface area contributed by atoms with Crippen LogP contribution in [0.1, 0.15) is 25.3 Å². The van der Waals surface area contributed by atoms with Crippen LogP contribution in [0.2, 0.25) is 0 Å². The van der Waals surface area contributed by atoms with Crippen LogP contribution in [0.5, 0.6) is 0 Å². The van der Waals surface area contributed by atoms with E-state index < -0.39 is 0 Å². The normalized spacial score (nSPS) is 17.2. The van der Waals surface area contributed by atoms with E-state index in [0.717, 1.165) is 37.9 Å². The van der Waals surface area contributed by atoms with Crippen molar-refractivity contribution in [2.45, 2.75) is 32.2 Å². The molecule has 1 aromatic heterocycles. The van der Waals surface area contributed by atoms with Crippen LogP contribution in [-0.4, -0.2) is 54.4 Å². The van der Waals surface area contributed by atoms with Gasteiger partial charge in [-0.1, -0.05) is 18.2 Å². The van der Waals surface area contributed by atoms with Gasteiger partial charge in [-0.05, 0) is 50.9 Å². The van der Waals surface area contributed by atoms with Crippen molar-refractivity contribution in [2.24, 2.45) is 5.92 Å². The molecule has 2 aromatic rings. The Balaban J connectivity index is 1.45. The number of carbonyl (C=O) groups is 2. The van der Waals surface area contributed by atoms with E-state index in [9.17, 15) is 9.59 Å². The Kier molecular flexibility index (Phi) is 5.93. The van der Waals surface area contributed by atoms with Crippen LogP contribution in [0.3, 0.4) is 0 Å². The largest absolute Gasteiger partial charge is 0.361 e. The molecule has 0 spiro atoms. The number of nitrogens with zero attached hydrogens (tertiary/aromatic N) is 1. The number of benzene rings is 1. The van der Waals surface area contributed by atoms with E-state index in [1.807, 2.05) is 25.3 Å². The minimum Gasteiger partial charge on any atom is -0.361 e. The van der Waals surface area contributed by atoms with Crippen molar-refractivity contribution < 1.29 is 9.59 Å². The lowest BCUT2D eigenvalue weighted by atomic mass is 9.95. The quantitative estimate of drug-likeness (QED) is 0.737. The fourth-order valence-corrected chi connectivity index (χ4v) is 3.73. The monoisotopic (exact) mass is 356 g/mol. The van der Waals surface area contributed by atoms with Gasteiger partial charge in [-0.15, -0.1) is 0 Å². The Morgan fingerprint density at radius 1 is 1.27 bits per heavy atom. The fraction of sp³-hybridized carbons (Fsp3) is 0.500. The van der Waals surface area contributed by atoms with E-state index in [-0.39, 0.29) is 23.8 Å². The van der Waals surface area contributed by atoms with Gasteiger partial charge in [0.15, 0.2) is 0 Å². The first-order chi connectivity index (χ1) is 12.6. The topological polar surface area (TPSA) is 77.2 Å². The molecule has 2 amide bonds. The summed E-state index contributed by atoms with van der Waals surface area (Å²) in [7, 11) is 1.68. The Morgan fingerprint density at radius 3 is 2.73 bits per heavy atom. The van der Waals surface area contributed by atoms with Gasteiger partial charge in [-0.3, -0.25) is 14.5 Å². The van der Waals surface area contributed by atoms with Crippen molar-refractivity contribution in [3.63, 3.8) is 0 Å². The Hall–Kier alpha value is -2.34. The Bertz CT molecular complexity index is 762. The molecule has 0 bridgehead atoms. The number of aromatic amines is 1. The van der Waals surface area contributed by atoms with E-state index in [0.29, 0.717) is 6.54 Å².